The van der Waals surface area contributed by atoms with Gasteiger partial charge in [0.15, 0.2) is 0 Å². The first-order valence-corrected chi connectivity index (χ1v) is 19.3. The van der Waals surface area contributed by atoms with E-state index in [0.717, 1.165) is 41.3 Å². The Balaban J connectivity index is 1.18. The number of hydrogen-bond acceptors (Lipinski definition) is 1. The summed E-state index contributed by atoms with van der Waals surface area (Å²) in [6.45, 7) is 4.15. The monoisotopic (exact) mass is 704 g/mol. The lowest BCUT2D eigenvalue weighted by atomic mass is 9.84. The molecular weight excluding hydrogens is 665 g/mol. The van der Waals surface area contributed by atoms with Crippen molar-refractivity contribution in [1.82, 2.24) is 9.55 Å². The number of aryl methyl sites for hydroxylation is 1. The highest BCUT2D eigenvalue weighted by Gasteiger charge is 2.19. The number of fused-ring (bicyclic) bond motifs is 4. The topological polar surface area (TPSA) is 17.8 Å². The third-order valence-electron chi connectivity index (χ3n) is 11.2. The summed E-state index contributed by atoms with van der Waals surface area (Å²) in [5.74, 6) is 0.943. The number of imidazole rings is 1. The minimum atomic E-state index is 0.943. The fourth-order valence-electron chi connectivity index (χ4n) is 8.64. The molecule has 10 rings (SSSR count). The zero-order chi connectivity index (χ0) is 36.9. The van der Waals surface area contributed by atoms with Crippen LogP contribution in [0, 0.1) is 6.92 Å². The summed E-state index contributed by atoms with van der Waals surface area (Å²) in [7, 11) is 0. The first-order chi connectivity index (χ1) is 27.1. The fourth-order valence-corrected chi connectivity index (χ4v) is 8.64. The highest BCUT2D eigenvalue weighted by atomic mass is 15.1. The average Bonchev–Trinajstić information content (AvgIpc) is 3.57. The quantitative estimate of drug-likeness (QED) is 0.168. The van der Waals surface area contributed by atoms with Crippen LogP contribution in [-0.2, 0) is 0 Å². The molecule has 0 aliphatic heterocycles. The predicted octanol–water partition coefficient (Wildman–Crippen LogP) is 12.7. The maximum atomic E-state index is 5.09. The van der Waals surface area contributed by atoms with Crippen LogP contribution in [0.1, 0.15) is 31.2 Å². The first-order valence-electron chi connectivity index (χ1n) is 19.3. The van der Waals surface area contributed by atoms with Gasteiger partial charge in [0.1, 0.15) is 5.82 Å². The molecule has 0 spiro atoms. The van der Waals surface area contributed by atoms with Gasteiger partial charge in [-0.15, -0.1) is 0 Å². The third kappa shape index (κ3) is 5.70. The van der Waals surface area contributed by atoms with Crippen LogP contribution in [0.3, 0.4) is 0 Å². The molecule has 0 N–H and O–H groups in total. The van der Waals surface area contributed by atoms with Crippen molar-refractivity contribution in [3.05, 3.63) is 186 Å². The number of para-hydroxylation sites is 1. The summed E-state index contributed by atoms with van der Waals surface area (Å²) in [5, 5.41) is 10.3. The van der Waals surface area contributed by atoms with E-state index in [1.165, 1.54) is 76.1 Å². The number of nitrogens with zero attached hydrogens (tertiary/aromatic N) is 2. The molecule has 0 radical (unpaired) electrons. The van der Waals surface area contributed by atoms with Gasteiger partial charge in [0, 0.05) is 11.3 Å². The Kier molecular flexibility index (Phi) is 8.11. The van der Waals surface area contributed by atoms with Gasteiger partial charge in [-0.25, -0.2) is 4.98 Å². The summed E-state index contributed by atoms with van der Waals surface area (Å²) in [6, 6.07) is 57.9. The second-order valence-corrected chi connectivity index (χ2v) is 14.6. The van der Waals surface area contributed by atoms with E-state index >= 15 is 0 Å². The summed E-state index contributed by atoms with van der Waals surface area (Å²) < 4.78 is 2.27. The lowest BCUT2D eigenvalue weighted by molar-refractivity contribution is 1.05. The van der Waals surface area contributed by atoms with Gasteiger partial charge >= 0.3 is 0 Å². The molecule has 0 bridgehead atoms. The number of aromatic nitrogens is 2. The third-order valence-corrected chi connectivity index (χ3v) is 11.2. The average molecular weight is 705 g/mol. The van der Waals surface area contributed by atoms with Crippen LogP contribution in [0.5, 0.6) is 0 Å². The zero-order valence-corrected chi connectivity index (χ0v) is 31.1. The molecule has 0 unspecified atom stereocenters. The van der Waals surface area contributed by atoms with Crippen LogP contribution in [-0.4, -0.2) is 9.55 Å². The van der Waals surface area contributed by atoms with E-state index in [4.69, 9.17) is 4.98 Å². The van der Waals surface area contributed by atoms with Crippen LogP contribution in [0.4, 0.5) is 0 Å². The van der Waals surface area contributed by atoms with Crippen molar-refractivity contribution in [3.63, 3.8) is 0 Å². The summed E-state index contributed by atoms with van der Waals surface area (Å²) >= 11 is 0. The molecular formula is C53H40N2. The molecule has 1 aliphatic rings. The molecule has 0 amide bonds. The van der Waals surface area contributed by atoms with Crippen molar-refractivity contribution < 1.29 is 0 Å². The molecule has 2 nitrogen and oxygen atoms in total. The van der Waals surface area contributed by atoms with Crippen molar-refractivity contribution >= 4 is 50.5 Å². The number of rotatable bonds is 6. The Morgan fingerprint density at radius 3 is 1.64 bits per heavy atom. The van der Waals surface area contributed by atoms with Gasteiger partial charge in [0.25, 0.3) is 0 Å². The SMILES string of the molecule is C/C=C\c1c(C)nc(-c2ccc(-c3ccc4c(-c5ccc6ccccc6c5)c5c(c(-c6ccc7ccccc7c6)c4c3)=CCCC=5)cc2)n1-c1ccccc1. The molecule has 55 heavy (non-hydrogen) atoms. The minimum Gasteiger partial charge on any atom is -0.293 e. The second kappa shape index (κ2) is 13.6. The summed E-state index contributed by atoms with van der Waals surface area (Å²) in [4.78, 5) is 5.09. The molecule has 0 fully saturated rings. The van der Waals surface area contributed by atoms with Crippen molar-refractivity contribution in [2.24, 2.45) is 0 Å². The normalized spacial score (nSPS) is 12.6. The Bertz CT molecular complexity index is 3090. The maximum Gasteiger partial charge on any atom is 0.145 e. The highest BCUT2D eigenvalue weighted by molar-refractivity contribution is 6.09. The van der Waals surface area contributed by atoms with E-state index in [-0.39, 0.29) is 0 Å². The van der Waals surface area contributed by atoms with E-state index < -0.39 is 0 Å². The van der Waals surface area contributed by atoms with Crippen LogP contribution in [0.25, 0.3) is 101 Å². The van der Waals surface area contributed by atoms with Crippen molar-refractivity contribution in [1.29, 1.82) is 0 Å². The Morgan fingerprint density at radius 1 is 0.491 bits per heavy atom. The van der Waals surface area contributed by atoms with Gasteiger partial charge in [-0.3, -0.25) is 4.57 Å². The summed E-state index contributed by atoms with van der Waals surface area (Å²) in [6.07, 6.45) is 11.3. The van der Waals surface area contributed by atoms with Crippen LogP contribution >= 0.6 is 0 Å². The van der Waals surface area contributed by atoms with Crippen LogP contribution in [0.15, 0.2) is 164 Å². The fraction of sp³-hybridized carbons (Fsp3) is 0.0755. The van der Waals surface area contributed by atoms with Gasteiger partial charge in [-0.2, -0.15) is 0 Å². The van der Waals surface area contributed by atoms with E-state index in [1.54, 1.807) is 0 Å². The molecule has 1 heterocycles. The molecule has 0 saturated carbocycles. The van der Waals surface area contributed by atoms with Crippen LogP contribution in [0.2, 0.25) is 0 Å². The Hall–Kier alpha value is -6.77. The minimum absolute atomic E-state index is 0.943. The highest BCUT2D eigenvalue weighted by Crippen LogP contribution is 2.37. The van der Waals surface area contributed by atoms with Gasteiger partial charge in [0.05, 0.1) is 11.4 Å². The molecule has 1 aliphatic carbocycles. The molecule has 1 aromatic heterocycles. The molecule has 2 heteroatoms. The van der Waals surface area contributed by atoms with Crippen molar-refractivity contribution in [2.45, 2.75) is 26.7 Å². The molecule has 8 aromatic carbocycles. The molecule has 0 saturated heterocycles. The molecule has 0 atom stereocenters. The number of allylic oxidation sites excluding steroid dienone is 1. The largest absolute Gasteiger partial charge is 0.293 e. The smallest absolute Gasteiger partial charge is 0.145 e. The number of hydrogen-bond donors (Lipinski definition) is 0. The number of benzene rings is 8. The predicted molar refractivity (Wildman–Crippen MR) is 235 cm³/mol. The van der Waals surface area contributed by atoms with E-state index in [9.17, 15) is 0 Å². The Morgan fingerprint density at radius 2 is 1.02 bits per heavy atom. The van der Waals surface area contributed by atoms with Gasteiger partial charge in [0.2, 0.25) is 0 Å². The Labute approximate surface area is 321 Å². The standard InChI is InChI=1S/C53H40N2/c1-3-13-50-35(2)54-53(55(50)45-18-5-4-6-19-45)39-26-22-38(23-27-39)42-30-31-48-49(34-42)52(44-29-25-37-15-8-10-17-41(37)33-44)47-21-12-11-20-46(47)51(48)43-28-24-36-14-7-9-16-40(36)32-43/h3-10,13-34H,11-12H2,1-2H3/b13-3-. The second-order valence-electron chi connectivity index (χ2n) is 14.6. The van der Waals surface area contributed by atoms with Gasteiger partial charge < -0.3 is 0 Å². The van der Waals surface area contributed by atoms with E-state index in [2.05, 4.69) is 200 Å². The van der Waals surface area contributed by atoms with E-state index in [0.29, 0.717) is 0 Å². The first kappa shape index (κ1) is 32.8. The zero-order valence-electron chi connectivity index (χ0n) is 31.1. The van der Waals surface area contributed by atoms with Crippen molar-refractivity contribution in [3.8, 4) is 50.5 Å². The molecule has 262 valence electrons. The van der Waals surface area contributed by atoms with Crippen LogP contribution < -0.4 is 10.4 Å². The molecule has 9 aromatic rings. The van der Waals surface area contributed by atoms with Gasteiger partial charge in [-0.05, 0) is 139 Å². The van der Waals surface area contributed by atoms with E-state index in [1.807, 2.05) is 0 Å². The lowest BCUT2D eigenvalue weighted by Crippen LogP contribution is -2.31. The van der Waals surface area contributed by atoms with Crippen molar-refractivity contribution in [2.75, 3.05) is 0 Å². The summed E-state index contributed by atoms with van der Waals surface area (Å²) in [5.41, 5.74) is 11.8. The maximum absolute atomic E-state index is 5.09. The van der Waals surface area contributed by atoms with Gasteiger partial charge in [-0.1, -0.05) is 146 Å². The lowest BCUT2D eigenvalue weighted by Gasteiger charge is -2.19.